The molecule has 7 heterocycles. The summed E-state index contributed by atoms with van der Waals surface area (Å²) in [5, 5.41) is 11.6. The first kappa shape index (κ1) is 108. The zero-order valence-corrected chi connectivity index (χ0v) is 85.3. The van der Waals surface area contributed by atoms with Crippen LogP contribution >= 0.6 is 71.1 Å². The number of morpholine rings is 6. The summed E-state index contributed by atoms with van der Waals surface area (Å²) in [7, 11) is 21.4. The molecule has 12 aromatic carbocycles. The largest absolute Gasteiger partial charge is 0.378 e. The molecule has 23 heteroatoms. The number of fused-ring (bicyclic) bond motifs is 2. The van der Waals surface area contributed by atoms with Gasteiger partial charge in [-0.2, -0.15) is 18.7 Å². The first-order chi connectivity index (χ1) is 64.7. The van der Waals surface area contributed by atoms with Crippen molar-refractivity contribution in [2.75, 3.05) is 171 Å². The molecule has 7 aliphatic heterocycles. The molecule has 0 amide bonds. The second-order valence-electron chi connectivity index (χ2n) is 32.1. The summed E-state index contributed by atoms with van der Waals surface area (Å²) < 4.78 is 50.6. The Bertz CT molecular complexity index is 4850. The minimum absolute atomic E-state index is 0. The van der Waals surface area contributed by atoms with Crippen LogP contribution in [0.1, 0.15) is 75.4 Å². The van der Waals surface area contributed by atoms with Crippen molar-refractivity contribution in [2.24, 2.45) is 0 Å². The zero-order chi connectivity index (χ0) is 90.1. The Kier molecular flexibility index (Phi) is 48.7. The van der Waals surface area contributed by atoms with E-state index >= 15 is 0 Å². The quantitative estimate of drug-likeness (QED) is 0.0681. The molecule has 7 fully saturated rings. The van der Waals surface area contributed by atoms with Gasteiger partial charge in [0.25, 0.3) is 0 Å². The Morgan fingerprint density at radius 2 is 0.470 bits per heavy atom. The Morgan fingerprint density at radius 3 is 0.679 bits per heavy atom. The second-order valence-corrected chi connectivity index (χ2v) is 53.7. The molecule has 712 valence electrons. The summed E-state index contributed by atoms with van der Waals surface area (Å²) in [5.41, 5.74) is 9.73. The van der Waals surface area contributed by atoms with Crippen molar-refractivity contribution < 1.29 is 60.2 Å². The predicted molar refractivity (Wildman–Crippen MR) is 577 cm³/mol. The monoisotopic (exact) mass is 2130 g/mol. The van der Waals surface area contributed by atoms with E-state index < -0.39 is 59.3 Å². The molecule has 1 atom stereocenters. The van der Waals surface area contributed by atoms with Gasteiger partial charge < -0.3 is 33.2 Å². The third-order valence-electron chi connectivity index (χ3n) is 23.4. The molecule has 9 aliphatic rings. The fourth-order valence-corrected chi connectivity index (χ4v) is 32.7. The summed E-state index contributed by atoms with van der Waals surface area (Å²) in [5.74, 6) is 0. The molecule has 2 aliphatic carbocycles. The SMILES string of the molecule is C.C.C.C1CN(CN2CCOCC2)CCO1.CC1CCCO1.[Cl][Ru]([Cl])=[C]1C=C(c2ccccc2)c2ccccc21.[Cl][Ru]([Cl])=[C]1C=C(c2ccccc2)c2ccccc21.c1ccc([PH+](N2CCOCC2)N2CCOCC2)cc1.c1ccc([PH+](N2CCOCC2)N2CCOCC2)cc1.c1ccc([PH+](c2ccccc2)c2ccccc2)cc1.c1ccc([PH+](c2ccccc2)c2ccccc2)cc1. The van der Waals surface area contributed by atoms with Crippen molar-refractivity contribution in [2.45, 2.75) is 48.1 Å². The van der Waals surface area contributed by atoms with Crippen LogP contribution < -0.4 is 42.4 Å². The number of ether oxygens (including phenoxy) is 7. The Hall–Kier alpha value is -6.53. The number of halogens is 4. The van der Waals surface area contributed by atoms with E-state index in [0.29, 0.717) is 6.10 Å². The van der Waals surface area contributed by atoms with Gasteiger partial charge in [0.2, 0.25) is 0 Å². The van der Waals surface area contributed by atoms with Crippen LogP contribution in [0.25, 0.3) is 11.1 Å². The van der Waals surface area contributed by atoms with E-state index in [1.165, 1.54) is 99.8 Å². The predicted octanol–water partition coefficient (Wildman–Crippen LogP) is 20.3. The van der Waals surface area contributed by atoms with Gasteiger partial charge >= 0.3 is 240 Å². The minimum atomic E-state index is -1.88. The smallest absolute Gasteiger partial charge is 0.173 e. The van der Waals surface area contributed by atoms with Gasteiger partial charge in [0, 0.05) is 32.8 Å². The van der Waals surface area contributed by atoms with Crippen molar-refractivity contribution in [3.63, 3.8) is 0 Å². The second kappa shape index (κ2) is 60.5. The fraction of sp³-hybridized carbons (Fsp3) is 0.297. The summed E-state index contributed by atoms with van der Waals surface area (Å²) in [6, 6.07) is 124. The van der Waals surface area contributed by atoms with Crippen LogP contribution in [-0.4, -0.2) is 214 Å². The Morgan fingerprint density at radius 1 is 0.261 bits per heavy atom. The van der Waals surface area contributed by atoms with E-state index in [4.69, 9.17) is 71.9 Å². The average Bonchev–Trinajstić information content (AvgIpc) is 1.63. The minimum Gasteiger partial charge on any atom is -0.378 e. The van der Waals surface area contributed by atoms with Crippen molar-refractivity contribution in [1.29, 1.82) is 0 Å². The topological polar surface area (TPSA) is 84.0 Å². The van der Waals surface area contributed by atoms with Crippen LogP contribution in [0.2, 0.25) is 0 Å². The molecular formula is C111H136Cl4N6O7P4Ru2+4. The van der Waals surface area contributed by atoms with E-state index in [-0.39, 0.29) is 22.3 Å². The van der Waals surface area contributed by atoms with Crippen molar-refractivity contribution in [3.05, 3.63) is 397 Å². The van der Waals surface area contributed by atoms with E-state index in [2.05, 4.69) is 351 Å². The van der Waals surface area contributed by atoms with Crippen LogP contribution in [-0.2, 0) is 60.2 Å². The molecule has 13 nitrogen and oxygen atoms in total. The normalized spacial score (nSPS) is 17.5. The molecule has 134 heavy (non-hydrogen) atoms. The molecule has 7 saturated heterocycles. The molecule has 1 unspecified atom stereocenters. The Labute approximate surface area is 830 Å². The van der Waals surface area contributed by atoms with Crippen LogP contribution in [0.3, 0.4) is 0 Å². The van der Waals surface area contributed by atoms with Gasteiger partial charge in [0.05, 0.1) is 160 Å². The number of hydrogen-bond donors (Lipinski definition) is 0. The standard InChI is InChI=1S/2C18H15P.2C15H10.2C14H21N2O2P.C9H18N2O2.C5H10O.3CH4.4ClH.2Ru/c2*1-4-10-16(11-5-1)19(17-12-6-2-7-13-17)18-14-8-3-9-15-18;2*1-2-6-12(7-3-1)15-11-10-13-8-4-5-9-14(13)15;2*1-2-4-14(5-3-1)19(15-6-10-17-11-7-15)16-8-12-18-13-9-16;1-5-12-6-2-10(1)9-11-3-7-13-8-4-11;1-5-3-2-4-6-5;;;;;;;;;/h2*1-15H;2*1-9,11H;2*1-5H,6-13H2;1-9H2;5H,2-4H2,1H3;3*1H4;4*1H;;/q;;;;;;;;;;;;;;;2*+2. The van der Waals surface area contributed by atoms with Gasteiger partial charge in [-0.25, -0.2) is 0 Å². The van der Waals surface area contributed by atoms with E-state index in [1.54, 1.807) is 0 Å². The zero-order valence-electron chi connectivity index (χ0n) is 74.8. The van der Waals surface area contributed by atoms with Crippen LogP contribution in [0.15, 0.2) is 364 Å². The molecule has 0 spiro atoms. The third kappa shape index (κ3) is 33.1. The third-order valence-corrected chi connectivity index (χ3v) is 41.0. The van der Waals surface area contributed by atoms with E-state index in [1.807, 2.05) is 48.5 Å². The van der Waals surface area contributed by atoms with Gasteiger partial charge in [-0.15, -0.1) is 0 Å². The first-order valence-corrected chi connectivity index (χ1v) is 62.1. The summed E-state index contributed by atoms with van der Waals surface area (Å²) in [6.07, 6.45) is 7.38. The van der Waals surface area contributed by atoms with E-state index in [9.17, 15) is 0 Å². The van der Waals surface area contributed by atoms with E-state index in [0.717, 1.165) is 179 Å². The van der Waals surface area contributed by atoms with Gasteiger partial charge in [-0.3, -0.25) is 9.80 Å². The van der Waals surface area contributed by atoms with Crippen LogP contribution in [0.5, 0.6) is 0 Å². The van der Waals surface area contributed by atoms with Gasteiger partial charge in [-0.05, 0) is 117 Å². The number of nitrogens with zero attached hydrogens (tertiary/aromatic N) is 6. The molecule has 0 bridgehead atoms. The number of allylic oxidation sites excluding steroid dienone is 2. The maximum atomic E-state index is 6.19. The van der Waals surface area contributed by atoms with Crippen molar-refractivity contribution in [1.82, 2.24) is 28.5 Å². The maximum absolute atomic E-state index is 6.19. The average molecular weight is 2130 g/mol. The molecule has 0 saturated carbocycles. The summed E-state index contributed by atoms with van der Waals surface area (Å²) in [4.78, 5) is 4.91. The molecule has 0 N–H and O–H groups in total. The van der Waals surface area contributed by atoms with Crippen LogP contribution in [0, 0.1) is 0 Å². The Balaban J connectivity index is 0.000000149. The summed E-state index contributed by atoms with van der Waals surface area (Å²) in [6.45, 7) is 27.5. The first-order valence-electron chi connectivity index (χ1n) is 45.6. The summed E-state index contributed by atoms with van der Waals surface area (Å²) >= 11 is -3.76. The van der Waals surface area contributed by atoms with Gasteiger partial charge in [0.15, 0.2) is 16.4 Å². The van der Waals surface area contributed by atoms with Crippen molar-refractivity contribution in [3.8, 4) is 0 Å². The molecule has 0 radical (unpaired) electrons. The maximum Gasteiger partial charge on any atom is 0.173 e. The number of benzene rings is 12. The number of hydrogen-bond acceptors (Lipinski definition) is 13. The molecule has 0 aromatic heterocycles. The molecule has 21 rings (SSSR count). The molecular weight excluding hydrogens is 2000 g/mol. The molecule has 12 aromatic rings. The van der Waals surface area contributed by atoms with Crippen molar-refractivity contribution >= 4 is 133 Å². The van der Waals surface area contributed by atoms with Gasteiger partial charge in [0.1, 0.15) is 42.4 Å². The van der Waals surface area contributed by atoms with Crippen LogP contribution in [0.4, 0.5) is 0 Å². The number of rotatable bonds is 16. The fourth-order valence-electron chi connectivity index (χ4n) is 16.9. The van der Waals surface area contributed by atoms with Gasteiger partial charge in [-0.1, -0.05) is 168 Å².